The fourth-order valence-electron chi connectivity index (χ4n) is 5.35. The quantitative estimate of drug-likeness (QED) is 0.271. The summed E-state index contributed by atoms with van der Waals surface area (Å²) in [6.07, 6.45) is 11.5. The molecule has 0 unspecified atom stereocenters. The van der Waals surface area contributed by atoms with Crippen LogP contribution in [0.15, 0.2) is 83.1 Å². The molecule has 0 aliphatic heterocycles. The molecule has 1 saturated carbocycles. The summed E-state index contributed by atoms with van der Waals surface area (Å²) in [5, 5.41) is 32.2. The molecule has 1 fully saturated rings. The maximum absolute atomic E-state index is 9.71. The second kappa shape index (κ2) is 10.6. The Morgan fingerprint density at radius 3 is 2.49 bits per heavy atom. The standard InChI is InChI=1S/C30H26N8S/c1-20-26(18-35-38(20)25-11-9-24(10-12-25)36-29-8-4-5-13-33-29)22-14-28(30-23(16-32)17-34-37(30)19-22)39-27-7-3-2-6-21(27)15-31/h2-8,13-14,17-19,24-25H,9-12H2,1H3,(H,33,36). The van der Waals surface area contributed by atoms with Crippen LogP contribution in [0.25, 0.3) is 16.6 Å². The molecule has 1 aliphatic rings. The molecule has 4 aromatic heterocycles. The summed E-state index contributed by atoms with van der Waals surface area (Å²) in [6.45, 7) is 2.12. The molecule has 39 heavy (non-hydrogen) atoms. The van der Waals surface area contributed by atoms with E-state index in [9.17, 15) is 10.5 Å². The summed E-state index contributed by atoms with van der Waals surface area (Å²) in [4.78, 5) is 6.11. The van der Waals surface area contributed by atoms with Crippen LogP contribution in [-0.2, 0) is 0 Å². The Morgan fingerprint density at radius 1 is 0.923 bits per heavy atom. The first-order chi connectivity index (χ1) is 19.1. The number of nitriles is 2. The molecule has 0 atom stereocenters. The number of benzene rings is 1. The first-order valence-electron chi connectivity index (χ1n) is 12.9. The van der Waals surface area contributed by atoms with Gasteiger partial charge < -0.3 is 5.32 Å². The smallest absolute Gasteiger partial charge is 0.126 e. The van der Waals surface area contributed by atoms with Crippen molar-refractivity contribution >= 4 is 23.1 Å². The number of hydrogen-bond acceptors (Lipinski definition) is 7. The van der Waals surface area contributed by atoms with Crippen LogP contribution < -0.4 is 5.32 Å². The molecule has 6 rings (SSSR count). The van der Waals surface area contributed by atoms with Gasteiger partial charge in [-0.2, -0.15) is 20.7 Å². The largest absolute Gasteiger partial charge is 0.367 e. The van der Waals surface area contributed by atoms with Gasteiger partial charge in [0.2, 0.25) is 0 Å². The van der Waals surface area contributed by atoms with Gasteiger partial charge in [0.25, 0.3) is 0 Å². The van der Waals surface area contributed by atoms with E-state index in [2.05, 4.69) is 45.2 Å². The van der Waals surface area contributed by atoms with Gasteiger partial charge in [-0.15, -0.1) is 0 Å². The molecule has 4 heterocycles. The van der Waals surface area contributed by atoms with Gasteiger partial charge in [-0.3, -0.25) is 4.68 Å². The number of hydrogen-bond donors (Lipinski definition) is 1. The number of nitrogens with zero attached hydrogens (tertiary/aromatic N) is 7. The first kappa shape index (κ1) is 24.7. The van der Waals surface area contributed by atoms with Gasteiger partial charge in [0.15, 0.2) is 0 Å². The molecule has 0 saturated heterocycles. The van der Waals surface area contributed by atoms with Gasteiger partial charge in [-0.05, 0) is 62.9 Å². The van der Waals surface area contributed by atoms with Crippen LogP contribution in [0.3, 0.4) is 0 Å². The highest BCUT2D eigenvalue weighted by molar-refractivity contribution is 7.99. The lowest BCUT2D eigenvalue weighted by atomic mass is 9.91. The SMILES string of the molecule is Cc1c(-c2cc(Sc3ccccc3C#N)c3c(C#N)cnn3c2)cnn1C1CCC(Nc2ccccn2)CC1. The highest BCUT2D eigenvalue weighted by atomic mass is 32.2. The lowest BCUT2D eigenvalue weighted by molar-refractivity contribution is 0.309. The molecular weight excluding hydrogens is 504 g/mol. The van der Waals surface area contributed by atoms with Crippen molar-refractivity contribution in [3.8, 4) is 23.3 Å². The zero-order valence-electron chi connectivity index (χ0n) is 21.5. The zero-order chi connectivity index (χ0) is 26.8. The van der Waals surface area contributed by atoms with E-state index in [0.717, 1.165) is 63.6 Å². The Bertz CT molecular complexity index is 1720. The third-order valence-corrected chi connectivity index (χ3v) is 8.45. The van der Waals surface area contributed by atoms with E-state index in [1.54, 1.807) is 16.8 Å². The summed E-state index contributed by atoms with van der Waals surface area (Å²) in [5.74, 6) is 0.929. The van der Waals surface area contributed by atoms with Crippen molar-refractivity contribution in [1.82, 2.24) is 24.4 Å². The van der Waals surface area contributed by atoms with Crippen LogP contribution in [0.4, 0.5) is 5.82 Å². The third kappa shape index (κ3) is 4.85. The lowest BCUT2D eigenvalue weighted by Gasteiger charge is -2.30. The molecule has 9 heteroatoms. The summed E-state index contributed by atoms with van der Waals surface area (Å²) >= 11 is 1.48. The number of anilines is 1. The molecule has 0 radical (unpaired) electrons. The highest BCUT2D eigenvalue weighted by Crippen LogP contribution is 2.38. The van der Waals surface area contributed by atoms with Crippen molar-refractivity contribution in [2.75, 3.05) is 5.32 Å². The lowest BCUT2D eigenvalue weighted by Crippen LogP contribution is -2.28. The molecule has 0 amide bonds. The fourth-order valence-corrected chi connectivity index (χ4v) is 6.45. The van der Waals surface area contributed by atoms with Gasteiger partial charge in [-0.1, -0.05) is 30.0 Å². The van der Waals surface area contributed by atoms with Gasteiger partial charge in [0.1, 0.15) is 18.0 Å². The van der Waals surface area contributed by atoms with Crippen molar-refractivity contribution in [3.63, 3.8) is 0 Å². The first-order valence-corrected chi connectivity index (χ1v) is 13.8. The monoisotopic (exact) mass is 530 g/mol. The van der Waals surface area contributed by atoms with Gasteiger partial charge in [0, 0.05) is 45.0 Å². The minimum atomic E-state index is 0.343. The van der Waals surface area contributed by atoms with E-state index in [4.69, 9.17) is 5.10 Å². The van der Waals surface area contributed by atoms with Gasteiger partial charge >= 0.3 is 0 Å². The molecule has 0 bridgehead atoms. The summed E-state index contributed by atoms with van der Waals surface area (Å²) in [7, 11) is 0. The number of pyridine rings is 2. The van der Waals surface area contributed by atoms with E-state index in [1.165, 1.54) is 11.8 Å². The summed E-state index contributed by atoms with van der Waals surface area (Å²) in [5.41, 5.74) is 4.96. The van der Waals surface area contributed by atoms with E-state index in [-0.39, 0.29) is 0 Å². The van der Waals surface area contributed by atoms with Crippen LogP contribution in [0.1, 0.15) is 48.5 Å². The molecule has 1 aliphatic carbocycles. The summed E-state index contributed by atoms with van der Waals surface area (Å²) < 4.78 is 3.93. The molecule has 1 N–H and O–H groups in total. The average molecular weight is 531 g/mol. The third-order valence-electron chi connectivity index (χ3n) is 7.34. The van der Waals surface area contributed by atoms with Crippen molar-refractivity contribution in [1.29, 1.82) is 10.5 Å². The van der Waals surface area contributed by atoms with Gasteiger partial charge in [-0.25, -0.2) is 9.50 Å². The Kier molecular flexibility index (Phi) is 6.75. The minimum Gasteiger partial charge on any atom is -0.367 e. The maximum atomic E-state index is 9.71. The Labute approximate surface area is 230 Å². The maximum Gasteiger partial charge on any atom is 0.126 e. The predicted octanol–water partition coefficient (Wildman–Crippen LogP) is 6.39. The molecule has 0 spiro atoms. The number of aromatic nitrogens is 5. The normalized spacial score (nSPS) is 17.0. The van der Waals surface area contributed by atoms with Crippen LogP contribution in [0.2, 0.25) is 0 Å². The zero-order valence-corrected chi connectivity index (χ0v) is 22.3. The topological polar surface area (TPSA) is 108 Å². The number of rotatable bonds is 6. The van der Waals surface area contributed by atoms with E-state index >= 15 is 0 Å². The number of fused-ring (bicyclic) bond motifs is 1. The van der Waals surface area contributed by atoms with Crippen LogP contribution in [-0.4, -0.2) is 30.4 Å². The molecule has 192 valence electrons. The average Bonchev–Trinajstić information content (AvgIpc) is 3.57. The van der Waals surface area contributed by atoms with E-state index < -0.39 is 0 Å². The van der Waals surface area contributed by atoms with Gasteiger partial charge in [0.05, 0.1) is 35.1 Å². The molecule has 5 aromatic rings. The Hall–Kier alpha value is -4.60. The second-order valence-corrected chi connectivity index (χ2v) is 10.8. The number of nitrogens with one attached hydrogen (secondary N) is 1. The molecule has 8 nitrogen and oxygen atoms in total. The van der Waals surface area contributed by atoms with E-state index in [1.807, 2.05) is 55.0 Å². The van der Waals surface area contributed by atoms with Crippen molar-refractivity contribution < 1.29 is 0 Å². The van der Waals surface area contributed by atoms with Crippen LogP contribution in [0.5, 0.6) is 0 Å². The van der Waals surface area contributed by atoms with E-state index in [0.29, 0.717) is 23.2 Å². The second-order valence-electron chi connectivity index (χ2n) is 9.72. The van der Waals surface area contributed by atoms with Crippen LogP contribution >= 0.6 is 11.8 Å². The minimum absolute atomic E-state index is 0.343. The molecular formula is C30H26N8S. The fraction of sp³-hybridized carbons (Fsp3) is 0.233. The Morgan fingerprint density at radius 2 is 1.72 bits per heavy atom. The van der Waals surface area contributed by atoms with Crippen molar-refractivity contribution in [2.45, 2.75) is 54.5 Å². The molecule has 1 aromatic carbocycles. The van der Waals surface area contributed by atoms with Crippen molar-refractivity contribution in [3.05, 3.63) is 90.1 Å². The highest BCUT2D eigenvalue weighted by Gasteiger charge is 2.25. The Balaban J connectivity index is 1.28. The predicted molar refractivity (Wildman–Crippen MR) is 150 cm³/mol. The van der Waals surface area contributed by atoms with Crippen molar-refractivity contribution in [2.24, 2.45) is 0 Å². The summed E-state index contributed by atoms with van der Waals surface area (Å²) in [6, 6.07) is 20.8. The van der Waals surface area contributed by atoms with Crippen LogP contribution in [0, 0.1) is 29.6 Å².